The second kappa shape index (κ2) is 6.53. The Morgan fingerprint density at radius 2 is 1.73 bits per heavy atom. The van der Waals surface area contributed by atoms with Gasteiger partial charge in [-0.25, -0.2) is 4.39 Å². The third-order valence-electron chi connectivity index (χ3n) is 1.65. The van der Waals surface area contributed by atoms with Gasteiger partial charge in [0.2, 0.25) is 0 Å². The van der Waals surface area contributed by atoms with Gasteiger partial charge in [-0.05, 0) is 26.8 Å². The standard InChI is InChI=1S/C6H12FN.C2H5F/c1-8-4-2-6(7)3-5-8;1-2-3/h6H,2-5H2,1H3;2H2,1H3. The molecule has 0 radical (unpaired) electrons. The van der Waals surface area contributed by atoms with Crippen molar-refractivity contribution < 1.29 is 8.78 Å². The van der Waals surface area contributed by atoms with Crippen LogP contribution < -0.4 is 0 Å². The van der Waals surface area contributed by atoms with E-state index in [1.807, 2.05) is 7.05 Å². The molecule has 3 heteroatoms. The molecule has 0 unspecified atom stereocenters. The monoisotopic (exact) mass is 165 g/mol. The first-order valence-electron chi connectivity index (χ1n) is 4.09. The molecule has 1 rings (SSSR count). The van der Waals surface area contributed by atoms with E-state index in [-0.39, 0.29) is 6.67 Å². The van der Waals surface area contributed by atoms with E-state index in [4.69, 9.17) is 0 Å². The molecule has 1 saturated heterocycles. The summed E-state index contributed by atoms with van der Waals surface area (Å²) in [5.41, 5.74) is 0. The Balaban J connectivity index is 0.000000292. The maximum Gasteiger partial charge on any atom is 0.103 e. The molecule has 1 aliphatic rings. The molecule has 0 aromatic heterocycles. The first-order valence-corrected chi connectivity index (χ1v) is 4.09. The van der Waals surface area contributed by atoms with Gasteiger partial charge in [0, 0.05) is 13.1 Å². The van der Waals surface area contributed by atoms with E-state index in [9.17, 15) is 8.78 Å². The van der Waals surface area contributed by atoms with Gasteiger partial charge < -0.3 is 4.90 Å². The van der Waals surface area contributed by atoms with Crippen LogP contribution in [0.15, 0.2) is 0 Å². The molecule has 0 aromatic rings. The smallest absolute Gasteiger partial charge is 0.103 e. The van der Waals surface area contributed by atoms with Gasteiger partial charge in [-0.2, -0.15) is 0 Å². The second-order valence-electron chi connectivity index (χ2n) is 2.75. The topological polar surface area (TPSA) is 3.24 Å². The van der Waals surface area contributed by atoms with Gasteiger partial charge in [-0.1, -0.05) is 0 Å². The van der Waals surface area contributed by atoms with E-state index in [1.165, 1.54) is 6.92 Å². The van der Waals surface area contributed by atoms with Crippen molar-refractivity contribution in [3.8, 4) is 0 Å². The van der Waals surface area contributed by atoms with Crippen molar-refractivity contribution in [3.05, 3.63) is 0 Å². The molecule has 0 atom stereocenters. The summed E-state index contributed by atoms with van der Waals surface area (Å²) in [5, 5.41) is 0. The van der Waals surface area contributed by atoms with E-state index >= 15 is 0 Å². The lowest BCUT2D eigenvalue weighted by Gasteiger charge is -2.23. The number of halogens is 2. The normalized spacial score (nSPS) is 20.7. The molecule has 0 aliphatic carbocycles. The van der Waals surface area contributed by atoms with Crippen LogP contribution in [0, 0.1) is 0 Å². The Morgan fingerprint density at radius 1 is 1.36 bits per heavy atom. The number of alkyl halides is 2. The first kappa shape index (κ1) is 10.8. The lowest BCUT2D eigenvalue weighted by Crippen LogP contribution is -2.30. The van der Waals surface area contributed by atoms with Crippen LogP contribution in [-0.4, -0.2) is 37.9 Å². The Morgan fingerprint density at radius 3 is 2.00 bits per heavy atom. The van der Waals surface area contributed by atoms with Crippen molar-refractivity contribution in [2.75, 3.05) is 26.8 Å². The fraction of sp³-hybridized carbons (Fsp3) is 1.00. The highest BCUT2D eigenvalue weighted by atomic mass is 19.1. The molecule has 0 amide bonds. The summed E-state index contributed by atoms with van der Waals surface area (Å²) in [6, 6.07) is 0. The van der Waals surface area contributed by atoms with Gasteiger partial charge >= 0.3 is 0 Å². The highest BCUT2D eigenvalue weighted by Crippen LogP contribution is 2.10. The van der Waals surface area contributed by atoms with E-state index in [0.717, 1.165) is 25.9 Å². The third kappa shape index (κ3) is 6.23. The van der Waals surface area contributed by atoms with Gasteiger partial charge in [0.15, 0.2) is 0 Å². The average molecular weight is 165 g/mol. The average Bonchev–Trinajstić information content (AvgIpc) is 1.97. The summed E-state index contributed by atoms with van der Waals surface area (Å²) in [6.45, 7) is 3.07. The largest absolute Gasteiger partial charge is 0.306 e. The minimum Gasteiger partial charge on any atom is -0.306 e. The Bertz CT molecular complexity index is 70.2. The zero-order chi connectivity index (χ0) is 8.69. The minimum absolute atomic E-state index is 0.250. The van der Waals surface area contributed by atoms with Crippen LogP contribution in [-0.2, 0) is 0 Å². The summed E-state index contributed by atoms with van der Waals surface area (Å²) >= 11 is 0. The van der Waals surface area contributed by atoms with E-state index < -0.39 is 6.17 Å². The molecule has 0 saturated carbocycles. The fourth-order valence-corrected chi connectivity index (χ4v) is 0.977. The highest BCUT2D eigenvalue weighted by molar-refractivity contribution is 4.67. The van der Waals surface area contributed by atoms with Crippen molar-refractivity contribution in [2.45, 2.75) is 25.9 Å². The predicted molar refractivity (Wildman–Crippen MR) is 43.3 cm³/mol. The lowest BCUT2D eigenvalue weighted by molar-refractivity contribution is 0.174. The molecule has 0 aromatic carbocycles. The zero-order valence-electron chi connectivity index (χ0n) is 7.32. The van der Waals surface area contributed by atoms with Crippen molar-refractivity contribution in [3.63, 3.8) is 0 Å². The molecular formula is C8H17F2N. The van der Waals surface area contributed by atoms with Gasteiger partial charge in [0.05, 0.1) is 6.67 Å². The van der Waals surface area contributed by atoms with Crippen LogP contribution in [0.3, 0.4) is 0 Å². The number of piperidine rings is 1. The fourth-order valence-electron chi connectivity index (χ4n) is 0.977. The van der Waals surface area contributed by atoms with Crippen molar-refractivity contribution in [1.29, 1.82) is 0 Å². The molecule has 0 N–H and O–H groups in total. The van der Waals surface area contributed by atoms with E-state index in [1.54, 1.807) is 0 Å². The van der Waals surface area contributed by atoms with Gasteiger partial charge in [-0.3, -0.25) is 4.39 Å². The van der Waals surface area contributed by atoms with Crippen LogP contribution in [0.4, 0.5) is 8.78 Å². The van der Waals surface area contributed by atoms with Crippen molar-refractivity contribution in [2.24, 2.45) is 0 Å². The summed E-state index contributed by atoms with van der Waals surface area (Å²) < 4.78 is 22.6. The molecule has 1 heterocycles. The Labute approximate surface area is 67.4 Å². The van der Waals surface area contributed by atoms with Crippen LogP contribution in [0.5, 0.6) is 0 Å². The molecule has 1 nitrogen and oxygen atoms in total. The van der Waals surface area contributed by atoms with Gasteiger partial charge in [0.1, 0.15) is 6.17 Å². The van der Waals surface area contributed by atoms with Crippen LogP contribution in [0.1, 0.15) is 19.8 Å². The first-order chi connectivity index (χ1) is 5.20. The number of rotatable bonds is 0. The van der Waals surface area contributed by atoms with Gasteiger partial charge in [0.25, 0.3) is 0 Å². The lowest BCUT2D eigenvalue weighted by atomic mass is 10.1. The molecule has 68 valence electrons. The maximum absolute atomic E-state index is 12.3. The van der Waals surface area contributed by atoms with Crippen molar-refractivity contribution >= 4 is 0 Å². The van der Waals surface area contributed by atoms with Crippen LogP contribution >= 0.6 is 0 Å². The molecular weight excluding hydrogens is 148 g/mol. The number of hydrogen-bond donors (Lipinski definition) is 0. The SMILES string of the molecule is CCF.CN1CCC(F)CC1. The predicted octanol–water partition coefficient (Wildman–Crippen LogP) is 2.03. The third-order valence-corrected chi connectivity index (χ3v) is 1.65. The molecule has 1 fully saturated rings. The van der Waals surface area contributed by atoms with Crippen LogP contribution in [0.25, 0.3) is 0 Å². The summed E-state index contributed by atoms with van der Waals surface area (Å²) in [4.78, 5) is 2.16. The highest BCUT2D eigenvalue weighted by Gasteiger charge is 2.14. The summed E-state index contributed by atoms with van der Waals surface area (Å²) in [6.07, 6.45) is 0.943. The quantitative estimate of drug-likeness (QED) is 0.531. The minimum atomic E-state index is -0.522. The molecule has 11 heavy (non-hydrogen) atoms. The zero-order valence-corrected chi connectivity index (χ0v) is 7.32. The number of hydrogen-bond acceptors (Lipinski definition) is 1. The number of likely N-dealkylation sites (tertiary alicyclic amines) is 1. The second-order valence-corrected chi connectivity index (χ2v) is 2.75. The molecule has 0 bridgehead atoms. The summed E-state index contributed by atoms with van der Waals surface area (Å²) in [5.74, 6) is 0. The number of nitrogens with zero attached hydrogens (tertiary/aromatic N) is 1. The van der Waals surface area contributed by atoms with E-state index in [2.05, 4.69) is 4.90 Å². The Kier molecular flexibility index (Phi) is 6.42. The van der Waals surface area contributed by atoms with Gasteiger partial charge in [-0.15, -0.1) is 0 Å². The molecule has 0 spiro atoms. The van der Waals surface area contributed by atoms with E-state index in [0.29, 0.717) is 0 Å². The maximum atomic E-state index is 12.3. The molecule has 1 aliphatic heterocycles. The summed E-state index contributed by atoms with van der Waals surface area (Å²) in [7, 11) is 2.03. The Hall–Kier alpha value is -0.180. The van der Waals surface area contributed by atoms with Crippen LogP contribution in [0.2, 0.25) is 0 Å². The van der Waals surface area contributed by atoms with Crippen molar-refractivity contribution in [1.82, 2.24) is 4.90 Å².